The van der Waals surface area contributed by atoms with Gasteiger partial charge in [0, 0.05) is 17.3 Å². The van der Waals surface area contributed by atoms with Gasteiger partial charge in [0.2, 0.25) is 0 Å². The van der Waals surface area contributed by atoms with E-state index in [-0.39, 0.29) is 0 Å². The van der Waals surface area contributed by atoms with Crippen molar-refractivity contribution in [3.63, 3.8) is 0 Å². The van der Waals surface area contributed by atoms with Crippen LogP contribution in [0.25, 0.3) is 28.1 Å². The highest BCUT2D eigenvalue weighted by Gasteiger charge is 2.11. The summed E-state index contributed by atoms with van der Waals surface area (Å²) in [5.74, 6) is 1.05. The predicted octanol–water partition coefficient (Wildman–Crippen LogP) is 4.15. The average Bonchev–Trinajstić information content (AvgIpc) is 3.23. The van der Waals surface area contributed by atoms with Gasteiger partial charge in [-0.25, -0.2) is 9.07 Å². The third-order valence-corrected chi connectivity index (χ3v) is 4.39. The molecule has 0 saturated carbocycles. The van der Waals surface area contributed by atoms with E-state index in [0.29, 0.717) is 11.4 Å². The Balaban J connectivity index is 1.66. The minimum absolute atomic E-state index is 0.298. The summed E-state index contributed by atoms with van der Waals surface area (Å²) in [6, 6.07) is 15.0. The van der Waals surface area contributed by atoms with Crippen LogP contribution >= 0.6 is 0 Å². The molecule has 2 aromatic heterocycles. The van der Waals surface area contributed by atoms with Gasteiger partial charge in [0.25, 0.3) is 0 Å². The van der Waals surface area contributed by atoms with E-state index in [9.17, 15) is 4.39 Å². The van der Waals surface area contributed by atoms with Crippen LogP contribution in [0.15, 0.2) is 67.1 Å². The monoisotopic (exact) mass is 376 g/mol. The van der Waals surface area contributed by atoms with Gasteiger partial charge in [-0.05, 0) is 29.8 Å². The first kappa shape index (κ1) is 17.7. The first-order valence-corrected chi connectivity index (χ1v) is 8.54. The molecule has 4 rings (SSSR count). The van der Waals surface area contributed by atoms with Crippen LogP contribution in [-0.2, 0) is 0 Å². The second-order valence-electron chi connectivity index (χ2n) is 6.02. The van der Waals surface area contributed by atoms with Crippen molar-refractivity contribution in [1.82, 2.24) is 20.0 Å². The van der Waals surface area contributed by atoms with Crippen molar-refractivity contribution in [2.75, 3.05) is 14.2 Å². The molecule has 0 amide bonds. The summed E-state index contributed by atoms with van der Waals surface area (Å²) in [6.45, 7) is 0. The fourth-order valence-corrected chi connectivity index (χ4v) is 2.93. The van der Waals surface area contributed by atoms with E-state index in [2.05, 4.69) is 15.3 Å². The molecule has 0 unspecified atom stereocenters. The molecule has 140 valence electrons. The lowest BCUT2D eigenvalue weighted by Crippen LogP contribution is -1.98. The second kappa shape index (κ2) is 7.48. The Labute approximate surface area is 161 Å². The maximum Gasteiger partial charge on any atom is 0.167 e. The van der Waals surface area contributed by atoms with Gasteiger partial charge in [-0.1, -0.05) is 29.5 Å². The number of ether oxygens (including phenoxy) is 2. The molecule has 6 nitrogen and oxygen atoms in total. The highest BCUT2D eigenvalue weighted by atomic mass is 19.1. The normalized spacial score (nSPS) is 10.7. The van der Waals surface area contributed by atoms with Crippen molar-refractivity contribution in [2.45, 2.75) is 0 Å². The molecule has 0 saturated heterocycles. The summed E-state index contributed by atoms with van der Waals surface area (Å²) in [6.07, 6.45) is 4.34. The van der Waals surface area contributed by atoms with E-state index in [1.54, 1.807) is 26.5 Å². The molecule has 0 radical (unpaired) electrons. The van der Waals surface area contributed by atoms with E-state index in [4.69, 9.17) is 9.47 Å². The van der Waals surface area contributed by atoms with Crippen molar-refractivity contribution >= 4 is 0 Å². The molecule has 0 aliphatic rings. The number of hydrogen-bond donors (Lipinski definition) is 0. The van der Waals surface area contributed by atoms with Gasteiger partial charge in [0.05, 0.1) is 26.6 Å². The molecule has 4 aromatic rings. The molecule has 0 N–H and O–H groups in total. The lowest BCUT2D eigenvalue weighted by atomic mass is 10.0. The smallest absolute Gasteiger partial charge is 0.167 e. The Hall–Kier alpha value is -3.74. The lowest BCUT2D eigenvalue weighted by molar-refractivity contribution is 0.404. The molecule has 7 heteroatoms. The zero-order valence-corrected chi connectivity index (χ0v) is 15.3. The molecule has 0 fully saturated rings. The van der Waals surface area contributed by atoms with Crippen molar-refractivity contribution < 1.29 is 13.9 Å². The van der Waals surface area contributed by atoms with Crippen LogP contribution in [-0.4, -0.2) is 34.2 Å². The van der Waals surface area contributed by atoms with E-state index < -0.39 is 5.82 Å². The molecule has 0 aliphatic carbocycles. The molecule has 0 atom stereocenters. The molecular weight excluding hydrogens is 359 g/mol. The van der Waals surface area contributed by atoms with Crippen LogP contribution < -0.4 is 9.47 Å². The molecule has 0 bridgehead atoms. The van der Waals surface area contributed by atoms with Gasteiger partial charge in [-0.3, -0.25) is 4.98 Å². The number of methoxy groups -OCH3 is 2. The minimum Gasteiger partial charge on any atom is -0.497 e. The number of pyridine rings is 1. The Morgan fingerprint density at radius 2 is 1.71 bits per heavy atom. The minimum atomic E-state index is -0.459. The number of aromatic nitrogens is 4. The number of benzene rings is 2. The molecule has 2 heterocycles. The van der Waals surface area contributed by atoms with Crippen LogP contribution in [0.2, 0.25) is 0 Å². The molecular formula is C21H17FN4O2. The van der Waals surface area contributed by atoms with Crippen LogP contribution in [0.5, 0.6) is 11.5 Å². The van der Waals surface area contributed by atoms with Crippen molar-refractivity contribution in [1.29, 1.82) is 0 Å². The molecule has 2 aromatic carbocycles. The fraction of sp³-hybridized carbons (Fsp3) is 0.0952. The SMILES string of the molecule is COc1ccc(OC)c(-c2ccc(-c3cn(-c4ccncc4F)nn3)cc2)c1. The molecule has 0 aliphatic heterocycles. The standard InChI is InChI=1S/C21H17FN4O2/c1-27-16-7-8-21(28-2)17(11-16)14-3-5-15(6-4-14)19-13-26(25-24-19)20-9-10-23-12-18(20)22/h3-13H,1-2H3. The van der Waals surface area contributed by atoms with Crippen LogP contribution in [0.1, 0.15) is 0 Å². The second-order valence-corrected chi connectivity index (χ2v) is 6.02. The summed E-state index contributed by atoms with van der Waals surface area (Å²) in [5.41, 5.74) is 3.71. The van der Waals surface area contributed by atoms with Gasteiger partial charge in [0.15, 0.2) is 5.82 Å². The maximum absolute atomic E-state index is 13.9. The molecule has 0 spiro atoms. The van der Waals surface area contributed by atoms with E-state index in [1.807, 2.05) is 42.5 Å². The number of hydrogen-bond acceptors (Lipinski definition) is 5. The van der Waals surface area contributed by atoms with Gasteiger partial charge in [-0.2, -0.15) is 0 Å². The Morgan fingerprint density at radius 1 is 0.929 bits per heavy atom. The van der Waals surface area contributed by atoms with Crippen LogP contribution in [0, 0.1) is 5.82 Å². The summed E-state index contributed by atoms with van der Waals surface area (Å²) >= 11 is 0. The van der Waals surface area contributed by atoms with Gasteiger partial charge in [0.1, 0.15) is 22.9 Å². The first-order chi connectivity index (χ1) is 13.7. The third-order valence-electron chi connectivity index (χ3n) is 4.39. The Kier molecular flexibility index (Phi) is 4.72. The van der Waals surface area contributed by atoms with Gasteiger partial charge >= 0.3 is 0 Å². The maximum atomic E-state index is 13.9. The molecule has 28 heavy (non-hydrogen) atoms. The Morgan fingerprint density at radius 3 is 2.43 bits per heavy atom. The van der Waals surface area contributed by atoms with E-state index in [1.165, 1.54) is 10.9 Å². The highest BCUT2D eigenvalue weighted by Crippen LogP contribution is 2.34. The number of halogens is 1. The summed E-state index contributed by atoms with van der Waals surface area (Å²) in [4.78, 5) is 3.74. The lowest BCUT2D eigenvalue weighted by Gasteiger charge is -2.11. The topological polar surface area (TPSA) is 62.1 Å². The third kappa shape index (κ3) is 3.29. The summed E-state index contributed by atoms with van der Waals surface area (Å²) in [7, 11) is 3.26. The quantitative estimate of drug-likeness (QED) is 0.524. The average molecular weight is 376 g/mol. The van der Waals surface area contributed by atoms with Crippen LogP contribution in [0.4, 0.5) is 4.39 Å². The van der Waals surface area contributed by atoms with Crippen molar-refractivity contribution in [2.24, 2.45) is 0 Å². The fourth-order valence-electron chi connectivity index (χ4n) is 2.93. The predicted molar refractivity (Wildman–Crippen MR) is 103 cm³/mol. The first-order valence-electron chi connectivity index (χ1n) is 8.54. The van der Waals surface area contributed by atoms with Gasteiger partial charge < -0.3 is 9.47 Å². The zero-order valence-electron chi connectivity index (χ0n) is 15.3. The van der Waals surface area contributed by atoms with Crippen LogP contribution in [0.3, 0.4) is 0 Å². The van der Waals surface area contributed by atoms with E-state index >= 15 is 0 Å². The van der Waals surface area contributed by atoms with Crippen molar-refractivity contribution in [3.8, 4) is 39.6 Å². The largest absolute Gasteiger partial charge is 0.497 e. The Bertz CT molecular complexity index is 1110. The number of rotatable bonds is 5. The summed E-state index contributed by atoms with van der Waals surface area (Å²) < 4.78 is 26.0. The summed E-state index contributed by atoms with van der Waals surface area (Å²) in [5, 5.41) is 8.17. The highest BCUT2D eigenvalue weighted by molar-refractivity contribution is 5.74. The zero-order chi connectivity index (χ0) is 19.5. The van der Waals surface area contributed by atoms with E-state index in [0.717, 1.165) is 34.4 Å². The van der Waals surface area contributed by atoms with Gasteiger partial charge in [-0.15, -0.1) is 5.10 Å². The number of nitrogens with zero attached hydrogens (tertiary/aromatic N) is 4. The van der Waals surface area contributed by atoms with Crippen molar-refractivity contribution in [3.05, 3.63) is 72.9 Å².